The van der Waals surface area contributed by atoms with E-state index in [1.807, 2.05) is 11.3 Å². The van der Waals surface area contributed by atoms with Gasteiger partial charge in [-0.25, -0.2) is 4.98 Å². The lowest BCUT2D eigenvalue weighted by molar-refractivity contribution is 0.0243. The summed E-state index contributed by atoms with van der Waals surface area (Å²) in [5, 5.41) is 10.6. The van der Waals surface area contributed by atoms with Crippen molar-refractivity contribution in [1.29, 1.82) is 0 Å². The third-order valence-electron chi connectivity index (χ3n) is 6.10. The maximum Gasteiger partial charge on any atom is 0.228 e. The maximum atomic E-state index is 10.6. The van der Waals surface area contributed by atoms with Gasteiger partial charge in [0.2, 0.25) is 11.8 Å². The highest BCUT2D eigenvalue weighted by Crippen LogP contribution is 2.41. The summed E-state index contributed by atoms with van der Waals surface area (Å²) in [6.07, 6.45) is 5.60. The first kappa shape index (κ1) is 19.6. The normalized spacial score (nSPS) is 22.5. The fourth-order valence-electron chi connectivity index (χ4n) is 4.57. The lowest BCUT2D eigenvalue weighted by Gasteiger charge is -2.49. The van der Waals surface area contributed by atoms with Crippen LogP contribution in [0.25, 0.3) is 0 Å². The molecule has 1 atom stereocenters. The molecule has 1 N–H and O–H groups in total. The molecule has 1 spiro atoms. The highest BCUT2D eigenvalue weighted by molar-refractivity contribution is 7.11. The van der Waals surface area contributed by atoms with Gasteiger partial charge < -0.3 is 14.7 Å². The number of ether oxygens (including phenoxy) is 1. The number of thiophene rings is 1. The molecule has 2 aromatic rings. The van der Waals surface area contributed by atoms with Gasteiger partial charge in [-0.05, 0) is 56.3 Å². The van der Waals surface area contributed by atoms with Crippen molar-refractivity contribution in [3.63, 3.8) is 0 Å². The predicted octanol–water partition coefficient (Wildman–Crippen LogP) is 2.96. The molecule has 0 aliphatic carbocycles. The Hall–Kier alpha value is -1.70. The average molecular weight is 403 g/mol. The summed E-state index contributed by atoms with van der Waals surface area (Å²) >= 11 is 1.94. The van der Waals surface area contributed by atoms with Crippen LogP contribution in [0.2, 0.25) is 0 Å². The average Bonchev–Trinajstić information content (AvgIpc) is 3.17. The van der Waals surface area contributed by atoms with E-state index in [2.05, 4.69) is 38.8 Å². The van der Waals surface area contributed by atoms with Crippen molar-refractivity contribution < 1.29 is 9.84 Å². The number of likely N-dealkylation sites (tertiary alicyclic amines) is 1. The van der Waals surface area contributed by atoms with E-state index in [4.69, 9.17) is 4.74 Å². The van der Waals surface area contributed by atoms with E-state index in [0.29, 0.717) is 18.4 Å². The number of nitrogens with zero attached hydrogens (tertiary/aromatic N) is 4. The quantitative estimate of drug-likeness (QED) is 0.830. The molecule has 2 aliphatic rings. The van der Waals surface area contributed by atoms with Crippen LogP contribution in [0.1, 0.15) is 35.9 Å². The van der Waals surface area contributed by atoms with Gasteiger partial charge in [0, 0.05) is 41.7 Å². The molecule has 0 bridgehead atoms. The van der Waals surface area contributed by atoms with Gasteiger partial charge in [-0.3, -0.25) is 4.90 Å². The number of hydrogen-bond acceptors (Lipinski definition) is 7. The molecule has 1 unspecified atom stereocenters. The molecule has 4 heterocycles. The van der Waals surface area contributed by atoms with Crippen LogP contribution in [0.5, 0.6) is 5.88 Å². The predicted molar refractivity (Wildman–Crippen MR) is 112 cm³/mol. The Balaban J connectivity index is 1.40. The van der Waals surface area contributed by atoms with Gasteiger partial charge in [0.1, 0.15) is 0 Å². The second-order valence-electron chi connectivity index (χ2n) is 8.14. The lowest BCUT2D eigenvalue weighted by Crippen LogP contribution is -2.54. The molecule has 152 valence electrons. The topological polar surface area (TPSA) is 61.7 Å². The zero-order chi connectivity index (χ0) is 19.6. The van der Waals surface area contributed by atoms with E-state index >= 15 is 0 Å². The van der Waals surface area contributed by atoms with Crippen molar-refractivity contribution in [3.05, 3.63) is 34.2 Å². The molecule has 0 aromatic carbocycles. The summed E-state index contributed by atoms with van der Waals surface area (Å²) in [6.45, 7) is 6.92. The number of aromatic nitrogens is 2. The van der Waals surface area contributed by atoms with Crippen molar-refractivity contribution >= 4 is 17.3 Å². The van der Waals surface area contributed by atoms with E-state index < -0.39 is 0 Å². The molecule has 2 fully saturated rings. The maximum absolute atomic E-state index is 10.6. The Labute approximate surface area is 171 Å². The van der Waals surface area contributed by atoms with E-state index in [-0.39, 0.29) is 11.5 Å². The van der Waals surface area contributed by atoms with Crippen LogP contribution < -0.4 is 9.64 Å². The van der Waals surface area contributed by atoms with Crippen LogP contribution in [-0.4, -0.2) is 59.4 Å². The molecule has 2 aliphatic heterocycles. The Morgan fingerprint density at radius 2 is 2.04 bits per heavy atom. The van der Waals surface area contributed by atoms with Crippen molar-refractivity contribution in [1.82, 2.24) is 14.9 Å². The Morgan fingerprint density at radius 3 is 2.75 bits per heavy atom. The number of piperidine rings is 2. The number of β-amino-alcohol motifs (C(OH)–C–C–N with tert-alkyl or cyclic N) is 1. The van der Waals surface area contributed by atoms with E-state index in [9.17, 15) is 5.11 Å². The summed E-state index contributed by atoms with van der Waals surface area (Å²) in [4.78, 5) is 16.5. The number of methoxy groups -OCH3 is 1. The molecule has 7 heteroatoms. The summed E-state index contributed by atoms with van der Waals surface area (Å²) in [7, 11) is 1.62. The van der Waals surface area contributed by atoms with E-state index in [1.165, 1.54) is 9.75 Å². The standard InChI is InChI=1S/C21H30N4O2S/c1-3-17-4-5-18(28-17)14-24-10-7-21(8-11-24)12-16(26)13-25(15-21)20-22-9-6-19(23-20)27-2/h4-6,9,16,26H,3,7-8,10-15H2,1-2H3. The largest absolute Gasteiger partial charge is 0.481 e. The Bertz CT molecular complexity index is 788. The molecular formula is C21H30N4O2S. The van der Waals surface area contributed by atoms with Crippen LogP contribution in [0.15, 0.2) is 24.4 Å². The van der Waals surface area contributed by atoms with E-state index in [1.54, 1.807) is 19.4 Å². The summed E-state index contributed by atoms with van der Waals surface area (Å²) < 4.78 is 5.24. The number of aryl methyl sites for hydroxylation is 1. The zero-order valence-electron chi connectivity index (χ0n) is 16.8. The molecule has 4 rings (SSSR count). The van der Waals surface area contributed by atoms with Gasteiger partial charge in [0.15, 0.2) is 0 Å². The number of aliphatic hydroxyl groups excluding tert-OH is 1. The van der Waals surface area contributed by atoms with Crippen LogP contribution in [-0.2, 0) is 13.0 Å². The lowest BCUT2D eigenvalue weighted by atomic mass is 9.71. The van der Waals surface area contributed by atoms with Crippen LogP contribution in [0, 0.1) is 5.41 Å². The number of anilines is 1. The fourth-order valence-corrected chi connectivity index (χ4v) is 5.57. The van der Waals surface area contributed by atoms with Crippen molar-refractivity contribution in [2.45, 2.75) is 45.3 Å². The molecule has 28 heavy (non-hydrogen) atoms. The summed E-state index contributed by atoms with van der Waals surface area (Å²) in [5.74, 6) is 1.22. The van der Waals surface area contributed by atoms with Crippen LogP contribution in [0.4, 0.5) is 5.95 Å². The van der Waals surface area contributed by atoms with Gasteiger partial charge in [0.05, 0.1) is 13.2 Å². The highest BCUT2D eigenvalue weighted by atomic mass is 32.1. The zero-order valence-corrected chi connectivity index (χ0v) is 17.6. The smallest absolute Gasteiger partial charge is 0.228 e. The van der Waals surface area contributed by atoms with Gasteiger partial charge in [-0.15, -0.1) is 11.3 Å². The van der Waals surface area contributed by atoms with Gasteiger partial charge >= 0.3 is 0 Å². The molecule has 6 nitrogen and oxygen atoms in total. The van der Waals surface area contributed by atoms with Crippen molar-refractivity contribution in [3.8, 4) is 5.88 Å². The number of hydrogen-bond donors (Lipinski definition) is 1. The second-order valence-corrected chi connectivity index (χ2v) is 9.39. The van der Waals surface area contributed by atoms with Crippen molar-refractivity contribution in [2.24, 2.45) is 5.41 Å². The molecule has 0 amide bonds. The molecule has 2 aromatic heterocycles. The number of rotatable bonds is 5. The first-order valence-electron chi connectivity index (χ1n) is 10.2. The van der Waals surface area contributed by atoms with Gasteiger partial charge in [0.25, 0.3) is 0 Å². The SMILES string of the molecule is CCc1ccc(CN2CCC3(CC2)CC(O)CN(c2nccc(OC)n2)C3)s1. The van der Waals surface area contributed by atoms with Gasteiger partial charge in [-0.1, -0.05) is 6.92 Å². The fraction of sp³-hybridized carbons (Fsp3) is 0.619. The molecular weight excluding hydrogens is 372 g/mol. The minimum Gasteiger partial charge on any atom is -0.481 e. The molecule has 0 radical (unpaired) electrons. The third kappa shape index (κ3) is 4.31. The third-order valence-corrected chi connectivity index (χ3v) is 7.31. The van der Waals surface area contributed by atoms with Gasteiger partial charge in [-0.2, -0.15) is 4.98 Å². The Kier molecular flexibility index (Phi) is 5.85. The summed E-state index contributed by atoms with van der Waals surface area (Å²) in [6, 6.07) is 6.29. The molecule has 0 saturated carbocycles. The highest BCUT2D eigenvalue weighted by Gasteiger charge is 2.42. The molecule has 2 saturated heterocycles. The minimum absolute atomic E-state index is 0.143. The van der Waals surface area contributed by atoms with E-state index in [0.717, 1.165) is 51.9 Å². The second kappa shape index (κ2) is 8.35. The number of aliphatic hydroxyl groups is 1. The first-order chi connectivity index (χ1) is 13.6. The first-order valence-corrected chi connectivity index (χ1v) is 11.0. The van der Waals surface area contributed by atoms with Crippen molar-refractivity contribution in [2.75, 3.05) is 38.2 Å². The monoisotopic (exact) mass is 402 g/mol. The van der Waals surface area contributed by atoms with Crippen LogP contribution in [0.3, 0.4) is 0 Å². The summed E-state index contributed by atoms with van der Waals surface area (Å²) in [5.41, 5.74) is 0.143. The minimum atomic E-state index is -0.334. The van der Waals surface area contributed by atoms with Crippen LogP contribution >= 0.6 is 11.3 Å². The Morgan fingerprint density at radius 1 is 1.25 bits per heavy atom.